The van der Waals surface area contributed by atoms with Crippen molar-refractivity contribution in [1.82, 2.24) is 15.0 Å². The maximum Gasteiger partial charge on any atom is 0.292 e. The van der Waals surface area contributed by atoms with Crippen molar-refractivity contribution >= 4 is 5.91 Å². The molecule has 6 nitrogen and oxygen atoms in total. The second-order valence-electron chi connectivity index (χ2n) is 7.02. The zero-order valence-corrected chi connectivity index (χ0v) is 15.0. The first kappa shape index (κ1) is 17.4. The molecular weight excluding hydrogens is 306 g/mol. The van der Waals surface area contributed by atoms with Crippen LogP contribution in [0.2, 0.25) is 0 Å². The maximum absolute atomic E-state index is 12.8. The van der Waals surface area contributed by atoms with Crippen molar-refractivity contribution in [3.8, 4) is 0 Å². The van der Waals surface area contributed by atoms with Crippen molar-refractivity contribution < 1.29 is 14.1 Å². The molecule has 2 aliphatic rings. The molecule has 134 valence electrons. The number of carbonyl (C=O) groups excluding carboxylic acids is 1. The Labute approximate surface area is 144 Å². The van der Waals surface area contributed by atoms with Crippen molar-refractivity contribution in [3.63, 3.8) is 0 Å². The predicted molar refractivity (Wildman–Crippen MR) is 91.1 cm³/mol. The minimum atomic E-state index is -0.0220. The maximum atomic E-state index is 12.8. The van der Waals surface area contributed by atoms with Crippen LogP contribution in [-0.4, -0.2) is 66.3 Å². The van der Waals surface area contributed by atoms with Crippen molar-refractivity contribution in [3.05, 3.63) is 17.5 Å². The Balaban J connectivity index is 1.68. The lowest BCUT2D eigenvalue weighted by Crippen LogP contribution is -2.47. The van der Waals surface area contributed by atoms with Crippen LogP contribution in [0.15, 0.2) is 10.6 Å². The minimum Gasteiger partial charge on any atom is -0.379 e. The van der Waals surface area contributed by atoms with Crippen LogP contribution in [0, 0.1) is 5.92 Å². The molecule has 1 amide bonds. The average Bonchev–Trinajstić information content (AvgIpc) is 3.28. The fraction of sp³-hybridized carbons (Fsp3) is 0.778. The first-order valence-corrected chi connectivity index (χ1v) is 9.21. The third kappa shape index (κ3) is 3.49. The van der Waals surface area contributed by atoms with Crippen molar-refractivity contribution in [2.45, 2.75) is 45.6 Å². The summed E-state index contributed by atoms with van der Waals surface area (Å²) in [6, 6.07) is 2.25. The Morgan fingerprint density at radius 3 is 2.75 bits per heavy atom. The van der Waals surface area contributed by atoms with Crippen molar-refractivity contribution in [1.29, 1.82) is 0 Å². The van der Waals surface area contributed by atoms with Crippen LogP contribution in [0.1, 0.15) is 55.8 Å². The summed E-state index contributed by atoms with van der Waals surface area (Å²) in [6.45, 7) is 11.5. The number of hydrogen-bond donors (Lipinski definition) is 0. The van der Waals surface area contributed by atoms with Crippen LogP contribution >= 0.6 is 0 Å². The highest BCUT2D eigenvalue weighted by Crippen LogP contribution is 2.27. The highest BCUT2D eigenvalue weighted by molar-refractivity contribution is 5.91. The van der Waals surface area contributed by atoms with E-state index in [9.17, 15) is 4.79 Å². The van der Waals surface area contributed by atoms with Gasteiger partial charge >= 0.3 is 0 Å². The first-order valence-electron chi connectivity index (χ1n) is 9.21. The Morgan fingerprint density at radius 2 is 2.08 bits per heavy atom. The molecule has 0 unspecified atom stereocenters. The average molecular weight is 335 g/mol. The van der Waals surface area contributed by atoms with Gasteiger partial charge in [-0.05, 0) is 12.3 Å². The van der Waals surface area contributed by atoms with Crippen molar-refractivity contribution in [2.75, 3.05) is 39.4 Å². The number of rotatable bonds is 5. The predicted octanol–water partition coefficient (Wildman–Crippen LogP) is 2.37. The monoisotopic (exact) mass is 335 g/mol. The third-order valence-corrected chi connectivity index (χ3v) is 5.59. The van der Waals surface area contributed by atoms with Gasteiger partial charge in [0.05, 0.1) is 18.9 Å². The summed E-state index contributed by atoms with van der Waals surface area (Å²) in [5, 5.41) is 4.08. The summed E-state index contributed by atoms with van der Waals surface area (Å²) in [7, 11) is 0. The highest BCUT2D eigenvalue weighted by atomic mass is 16.5. The Bertz CT molecular complexity index is 553. The van der Waals surface area contributed by atoms with E-state index in [1.54, 1.807) is 0 Å². The molecule has 0 bridgehead atoms. The molecule has 3 rings (SSSR count). The second kappa shape index (κ2) is 7.66. The molecule has 0 spiro atoms. The molecule has 3 heterocycles. The lowest BCUT2D eigenvalue weighted by Gasteiger charge is -2.34. The Hall–Kier alpha value is -1.40. The van der Waals surface area contributed by atoms with Gasteiger partial charge in [0, 0.05) is 44.2 Å². The molecule has 24 heavy (non-hydrogen) atoms. The molecule has 3 atom stereocenters. The van der Waals surface area contributed by atoms with Gasteiger partial charge in [-0.2, -0.15) is 0 Å². The zero-order chi connectivity index (χ0) is 17.1. The van der Waals surface area contributed by atoms with Gasteiger partial charge in [0.25, 0.3) is 5.91 Å². The van der Waals surface area contributed by atoms with Crippen LogP contribution in [0.4, 0.5) is 0 Å². The number of nitrogens with zero attached hydrogens (tertiary/aromatic N) is 3. The van der Waals surface area contributed by atoms with E-state index in [-0.39, 0.29) is 5.91 Å². The fourth-order valence-electron chi connectivity index (χ4n) is 3.73. The molecule has 0 aliphatic carbocycles. The van der Waals surface area contributed by atoms with Crippen molar-refractivity contribution in [2.24, 2.45) is 5.92 Å². The highest BCUT2D eigenvalue weighted by Gasteiger charge is 2.39. The topological polar surface area (TPSA) is 58.8 Å². The van der Waals surface area contributed by atoms with E-state index in [2.05, 4.69) is 30.8 Å². The van der Waals surface area contributed by atoms with Gasteiger partial charge < -0.3 is 14.2 Å². The van der Waals surface area contributed by atoms with E-state index in [0.29, 0.717) is 23.6 Å². The number of carbonyl (C=O) groups is 1. The van der Waals surface area contributed by atoms with Crippen LogP contribution in [0.3, 0.4) is 0 Å². The number of morpholine rings is 1. The fourth-order valence-corrected chi connectivity index (χ4v) is 3.73. The normalized spacial score (nSPS) is 26.7. The second-order valence-corrected chi connectivity index (χ2v) is 7.02. The summed E-state index contributed by atoms with van der Waals surface area (Å²) in [6.07, 6.45) is 2.07. The largest absolute Gasteiger partial charge is 0.379 e. The summed E-state index contributed by atoms with van der Waals surface area (Å²) >= 11 is 0. The van der Waals surface area contributed by atoms with E-state index in [1.807, 2.05) is 11.0 Å². The van der Waals surface area contributed by atoms with Crippen LogP contribution in [-0.2, 0) is 4.74 Å². The Morgan fingerprint density at radius 1 is 1.33 bits per heavy atom. The number of aromatic nitrogens is 1. The summed E-state index contributed by atoms with van der Waals surface area (Å²) in [5.41, 5.74) is 0.872. The van der Waals surface area contributed by atoms with Gasteiger partial charge in [-0.25, -0.2) is 0 Å². The van der Waals surface area contributed by atoms with Gasteiger partial charge in [0.15, 0.2) is 0 Å². The third-order valence-electron chi connectivity index (χ3n) is 5.59. The zero-order valence-electron chi connectivity index (χ0n) is 15.0. The molecule has 1 aromatic rings. The lowest BCUT2D eigenvalue weighted by molar-refractivity contribution is 0.0102. The molecule has 2 fully saturated rings. The van der Waals surface area contributed by atoms with Crippen LogP contribution < -0.4 is 0 Å². The quantitative estimate of drug-likeness (QED) is 0.827. The van der Waals surface area contributed by atoms with Gasteiger partial charge in [-0.1, -0.05) is 32.3 Å². The summed E-state index contributed by atoms with van der Waals surface area (Å²) in [4.78, 5) is 17.2. The van der Waals surface area contributed by atoms with E-state index >= 15 is 0 Å². The van der Waals surface area contributed by atoms with Gasteiger partial charge in [0.1, 0.15) is 0 Å². The molecule has 2 aliphatic heterocycles. The van der Waals surface area contributed by atoms with E-state index < -0.39 is 0 Å². The smallest absolute Gasteiger partial charge is 0.292 e. The first-order chi connectivity index (χ1) is 11.6. The number of ether oxygens (including phenoxy) is 1. The molecule has 1 aromatic heterocycles. The summed E-state index contributed by atoms with van der Waals surface area (Å²) < 4.78 is 10.8. The van der Waals surface area contributed by atoms with Crippen LogP contribution in [0.25, 0.3) is 0 Å². The van der Waals surface area contributed by atoms with Gasteiger partial charge in [-0.15, -0.1) is 0 Å². The van der Waals surface area contributed by atoms with E-state index in [0.717, 1.165) is 57.9 Å². The molecule has 0 radical (unpaired) electrons. The SMILES string of the molecule is CC[C@@H]1CN(C(=O)c2cc([C@@H](C)CC)no2)C[C@H]1N1CCOCC1. The molecule has 0 saturated carbocycles. The molecule has 2 saturated heterocycles. The molecular formula is C18H29N3O3. The number of hydrogen-bond acceptors (Lipinski definition) is 5. The Kier molecular flexibility index (Phi) is 5.56. The number of amides is 1. The minimum absolute atomic E-state index is 0.0220. The standard InChI is InChI=1S/C18H29N3O3/c1-4-13(3)15-10-17(24-19-15)18(22)21-11-14(5-2)16(12-21)20-6-8-23-9-7-20/h10,13-14,16H,4-9,11-12H2,1-3H3/t13-,14+,16+/m0/s1. The number of likely N-dealkylation sites (tertiary alicyclic amines) is 1. The van der Waals surface area contributed by atoms with E-state index in [4.69, 9.17) is 9.26 Å². The van der Waals surface area contributed by atoms with E-state index in [1.165, 1.54) is 0 Å². The molecule has 6 heteroatoms. The van der Waals surface area contributed by atoms with Gasteiger partial charge in [-0.3, -0.25) is 9.69 Å². The van der Waals surface area contributed by atoms with Gasteiger partial charge in [0.2, 0.25) is 5.76 Å². The molecule has 0 N–H and O–H groups in total. The lowest BCUT2D eigenvalue weighted by atomic mass is 9.99. The van der Waals surface area contributed by atoms with Crippen LogP contribution in [0.5, 0.6) is 0 Å². The molecule has 0 aromatic carbocycles. The summed E-state index contributed by atoms with van der Waals surface area (Å²) in [5.74, 6) is 1.19.